The molecule has 0 fully saturated rings. The molecule has 1 aromatic heterocycles. The van der Waals surface area contributed by atoms with Gasteiger partial charge in [0.25, 0.3) is 11.5 Å². The van der Waals surface area contributed by atoms with E-state index in [0.717, 1.165) is 17.2 Å². The first kappa shape index (κ1) is 12.7. The van der Waals surface area contributed by atoms with Gasteiger partial charge in [-0.05, 0) is 13.3 Å². The lowest BCUT2D eigenvalue weighted by Crippen LogP contribution is -2.44. The van der Waals surface area contributed by atoms with Crippen LogP contribution < -0.4 is 11.2 Å². The van der Waals surface area contributed by atoms with Crippen molar-refractivity contribution in [2.75, 3.05) is 0 Å². The molecule has 0 aliphatic heterocycles. The number of aryl methyl sites for hydroxylation is 1. The summed E-state index contributed by atoms with van der Waals surface area (Å²) >= 11 is 0. The molecule has 3 N–H and O–H groups in total. The van der Waals surface area contributed by atoms with E-state index in [9.17, 15) is 19.8 Å². The van der Waals surface area contributed by atoms with Crippen LogP contribution in [0, 0.1) is 6.92 Å². The van der Waals surface area contributed by atoms with Crippen LogP contribution in [0.5, 0.6) is 0 Å². The van der Waals surface area contributed by atoms with Gasteiger partial charge in [0, 0.05) is 18.2 Å². The Morgan fingerprint density at radius 3 is 2.62 bits per heavy atom. The molecule has 6 nitrogen and oxygen atoms in total. The van der Waals surface area contributed by atoms with E-state index in [1.807, 2.05) is 11.9 Å². The number of aromatic nitrogens is 2. The first-order chi connectivity index (χ1) is 7.38. The van der Waals surface area contributed by atoms with E-state index in [1.165, 1.54) is 6.92 Å². The third kappa shape index (κ3) is 2.59. The summed E-state index contributed by atoms with van der Waals surface area (Å²) in [4.78, 5) is 24.5. The maximum Gasteiger partial charge on any atom is 0.332 e. The smallest absolute Gasteiger partial charge is 0.332 e. The summed E-state index contributed by atoms with van der Waals surface area (Å²) in [6, 6.07) is 0. The number of H-pyrrole nitrogens is 1. The predicted molar refractivity (Wildman–Crippen MR) is 58.0 cm³/mol. The molecule has 0 bridgehead atoms. The monoisotopic (exact) mass is 228 g/mol. The Bertz CT molecular complexity index is 472. The minimum absolute atomic E-state index is 0.0366. The Hall–Kier alpha value is -1.40. The van der Waals surface area contributed by atoms with Crippen LogP contribution in [0.3, 0.4) is 0 Å². The molecule has 0 saturated carbocycles. The highest BCUT2D eigenvalue weighted by atomic mass is 16.5. The molecule has 1 rings (SSSR count). The second-order valence-electron chi connectivity index (χ2n) is 3.82. The molecule has 0 spiro atoms. The second-order valence-corrected chi connectivity index (χ2v) is 3.82. The van der Waals surface area contributed by atoms with E-state index in [2.05, 4.69) is 0 Å². The Morgan fingerprint density at radius 2 is 2.06 bits per heavy atom. The van der Waals surface area contributed by atoms with Crippen LogP contribution in [0.4, 0.5) is 0 Å². The number of unbranched alkanes of at least 4 members (excludes halogenated alkanes) is 1. The van der Waals surface area contributed by atoms with Crippen molar-refractivity contribution in [3.63, 3.8) is 0 Å². The van der Waals surface area contributed by atoms with Gasteiger partial charge >= 0.3 is 5.69 Å². The van der Waals surface area contributed by atoms with Gasteiger partial charge in [0.15, 0.2) is 0 Å². The van der Waals surface area contributed by atoms with Crippen LogP contribution in [0.2, 0.25) is 0 Å². The number of nitrogens with zero attached hydrogens (tertiary/aromatic N) is 1. The molecule has 0 aromatic carbocycles. The van der Waals surface area contributed by atoms with E-state index in [-0.39, 0.29) is 12.0 Å². The van der Waals surface area contributed by atoms with Gasteiger partial charge in [-0.1, -0.05) is 13.3 Å². The molecule has 90 valence electrons. The van der Waals surface area contributed by atoms with Crippen LogP contribution in [-0.4, -0.2) is 19.8 Å². The summed E-state index contributed by atoms with van der Waals surface area (Å²) in [5.74, 6) is -2.25. The van der Waals surface area contributed by atoms with E-state index in [0.29, 0.717) is 6.42 Å². The topological polar surface area (TPSA) is 95.3 Å². The highest BCUT2D eigenvalue weighted by molar-refractivity contribution is 5.01. The lowest BCUT2D eigenvalue weighted by atomic mass is 10.2. The van der Waals surface area contributed by atoms with E-state index in [4.69, 9.17) is 0 Å². The van der Waals surface area contributed by atoms with Crippen LogP contribution >= 0.6 is 0 Å². The fraction of sp³-hybridized carbons (Fsp3) is 0.600. The average molecular weight is 228 g/mol. The molecule has 0 unspecified atom stereocenters. The highest BCUT2D eigenvalue weighted by Crippen LogP contribution is 2.14. The van der Waals surface area contributed by atoms with Crippen molar-refractivity contribution in [1.82, 2.24) is 9.55 Å². The van der Waals surface area contributed by atoms with Crippen molar-refractivity contribution in [2.24, 2.45) is 0 Å². The lowest BCUT2D eigenvalue weighted by molar-refractivity contribution is -0.236. The van der Waals surface area contributed by atoms with Crippen LogP contribution in [0.25, 0.3) is 0 Å². The SMILES string of the molecule is CCCCC(O)(O)n1cc(C)c(=O)[nH]c1=O. The summed E-state index contributed by atoms with van der Waals surface area (Å²) < 4.78 is 0.736. The first-order valence-corrected chi connectivity index (χ1v) is 5.16. The largest absolute Gasteiger partial charge is 0.348 e. The maximum atomic E-state index is 11.4. The van der Waals surface area contributed by atoms with Crippen molar-refractivity contribution in [2.45, 2.75) is 39.0 Å². The summed E-state index contributed by atoms with van der Waals surface area (Å²) in [6.45, 7) is 3.39. The normalized spacial score (nSPS) is 11.8. The quantitative estimate of drug-likeness (QED) is 0.613. The third-order valence-corrected chi connectivity index (χ3v) is 2.37. The molecule has 6 heteroatoms. The Morgan fingerprint density at radius 1 is 1.44 bits per heavy atom. The van der Waals surface area contributed by atoms with Gasteiger partial charge in [0.2, 0.25) is 0 Å². The number of nitrogens with one attached hydrogen (secondary N) is 1. The molecule has 16 heavy (non-hydrogen) atoms. The minimum atomic E-state index is -2.25. The fourth-order valence-corrected chi connectivity index (χ4v) is 1.37. The molecule has 0 saturated heterocycles. The molecule has 0 aliphatic carbocycles. The standard InChI is InChI=1S/C10H16N2O4/c1-3-4-5-10(15,16)12-6-7(2)8(13)11-9(12)14/h6,15-16H,3-5H2,1-2H3,(H,11,13,14). The van der Waals surface area contributed by atoms with Gasteiger partial charge in [-0.15, -0.1) is 0 Å². The summed E-state index contributed by atoms with van der Waals surface area (Å²) in [5.41, 5.74) is -1.09. The summed E-state index contributed by atoms with van der Waals surface area (Å²) in [5, 5.41) is 19.4. The Kier molecular flexibility index (Phi) is 3.66. The number of rotatable bonds is 4. The summed E-state index contributed by atoms with van der Waals surface area (Å²) in [6.07, 6.45) is 2.53. The van der Waals surface area contributed by atoms with Gasteiger partial charge in [0.05, 0.1) is 0 Å². The van der Waals surface area contributed by atoms with Crippen molar-refractivity contribution >= 4 is 0 Å². The van der Waals surface area contributed by atoms with Crippen molar-refractivity contribution in [3.8, 4) is 0 Å². The molecular weight excluding hydrogens is 212 g/mol. The average Bonchev–Trinajstić information content (AvgIpc) is 2.20. The fourth-order valence-electron chi connectivity index (χ4n) is 1.37. The van der Waals surface area contributed by atoms with Crippen LogP contribution in [0.15, 0.2) is 15.8 Å². The van der Waals surface area contributed by atoms with Gasteiger partial charge in [0.1, 0.15) is 0 Å². The molecule has 0 amide bonds. The molecule has 1 heterocycles. The Labute approximate surface area is 92.2 Å². The number of hydrogen-bond donors (Lipinski definition) is 3. The molecule has 0 aliphatic rings. The summed E-state index contributed by atoms with van der Waals surface area (Å²) in [7, 11) is 0. The van der Waals surface area contributed by atoms with E-state index < -0.39 is 17.2 Å². The zero-order chi connectivity index (χ0) is 12.3. The first-order valence-electron chi connectivity index (χ1n) is 5.16. The van der Waals surface area contributed by atoms with Gasteiger partial charge in [-0.2, -0.15) is 0 Å². The van der Waals surface area contributed by atoms with Crippen molar-refractivity contribution in [1.29, 1.82) is 0 Å². The van der Waals surface area contributed by atoms with Gasteiger partial charge < -0.3 is 10.2 Å². The second kappa shape index (κ2) is 4.63. The number of hydrogen-bond acceptors (Lipinski definition) is 4. The van der Waals surface area contributed by atoms with Gasteiger partial charge in [-0.3, -0.25) is 9.78 Å². The highest BCUT2D eigenvalue weighted by Gasteiger charge is 2.26. The minimum Gasteiger partial charge on any atom is -0.348 e. The van der Waals surface area contributed by atoms with Crippen LogP contribution in [-0.2, 0) is 5.91 Å². The lowest BCUT2D eigenvalue weighted by Gasteiger charge is -2.23. The van der Waals surface area contributed by atoms with Crippen molar-refractivity contribution in [3.05, 3.63) is 32.6 Å². The zero-order valence-corrected chi connectivity index (χ0v) is 9.36. The van der Waals surface area contributed by atoms with Crippen molar-refractivity contribution < 1.29 is 10.2 Å². The molecule has 1 aromatic rings. The molecule has 0 atom stereocenters. The Balaban J connectivity index is 3.17. The molecule has 0 radical (unpaired) electrons. The van der Waals surface area contributed by atoms with E-state index in [1.54, 1.807) is 0 Å². The van der Waals surface area contributed by atoms with Gasteiger partial charge in [-0.25, -0.2) is 9.36 Å². The number of aliphatic hydroxyl groups is 2. The molecular formula is C10H16N2O4. The maximum absolute atomic E-state index is 11.4. The third-order valence-electron chi connectivity index (χ3n) is 2.37. The zero-order valence-electron chi connectivity index (χ0n) is 9.36. The number of aromatic amines is 1. The van der Waals surface area contributed by atoms with E-state index >= 15 is 0 Å². The predicted octanol–water partition coefficient (Wildman–Crippen LogP) is -0.370. The van der Waals surface area contributed by atoms with Crippen LogP contribution in [0.1, 0.15) is 31.7 Å².